The van der Waals surface area contributed by atoms with Gasteiger partial charge in [0.2, 0.25) is 0 Å². The number of carbonyl (C=O) groups excluding carboxylic acids is 1. The SMILES string of the molecule is CCCCCCOc1ccc(/C=N\NC(=O)COc2ccc([N+](=O)[O-])cc2)cc1OC. The lowest BCUT2D eigenvalue weighted by Crippen LogP contribution is -2.24. The molecule has 0 unspecified atom stereocenters. The molecule has 0 aliphatic carbocycles. The highest BCUT2D eigenvalue weighted by Crippen LogP contribution is 2.27. The van der Waals surface area contributed by atoms with E-state index in [0.29, 0.717) is 23.9 Å². The van der Waals surface area contributed by atoms with Gasteiger partial charge in [0.1, 0.15) is 5.75 Å². The number of benzene rings is 2. The molecule has 1 N–H and O–H groups in total. The molecule has 2 aromatic rings. The zero-order chi connectivity index (χ0) is 22.5. The molecule has 0 aromatic heterocycles. The van der Waals surface area contributed by atoms with Crippen molar-refractivity contribution in [2.75, 3.05) is 20.3 Å². The number of amides is 1. The molecule has 9 nitrogen and oxygen atoms in total. The average Bonchev–Trinajstić information content (AvgIpc) is 2.78. The molecule has 2 rings (SSSR count). The molecule has 0 saturated heterocycles. The Morgan fingerprint density at radius 3 is 2.55 bits per heavy atom. The van der Waals surface area contributed by atoms with E-state index in [1.165, 1.54) is 43.3 Å². The Kier molecular flexibility index (Phi) is 9.80. The number of hydrogen-bond acceptors (Lipinski definition) is 7. The van der Waals surface area contributed by atoms with Gasteiger partial charge >= 0.3 is 0 Å². The highest BCUT2D eigenvalue weighted by molar-refractivity contribution is 5.83. The van der Waals surface area contributed by atoms with Gasteiger partial charge in [-0.05, 0) is 42.3 Å². The first kappa shape index (κ1) is 23.7. The Labute approximate surface area is 181 Å². The smallest absolute Gasteiger partial charge is 0.277 e. The molecular formula is C22H27N3O6. The predicted octanol–water partition coefficient (Wildman–Crippen LogP) is 4.09. The molecule has 0 radical (unpaired) electrons. The summed E-state index contributed by atoms with van der Waals surface area (Å²) in [5, 5.41) is 14.5. The van der Waals surface area contributed by atoms with Crippen LogP contribution in [0.15, 0.2) is 47.6 Å². The average molecular weight is 429 g/mol. The minimum atomic E-state index is -0.507. The van der Waals surface area contributed by atoms with Crippen LogP contribution < -0.4 is 19.6 Å². The minimum Gasteiger partial charge on any atom is -0.493 e. The van der Waals surface area contributed by atoms with E-state index in [0.717, 1.165) is 18.4 Å². The van der Waals surface area contributed by atoms with E-state index in [2.05, 4.69) is 17.5 Å². The molecule has 1 amide bonds. The maximum absolute atomic E-state index is 11.8. The molecule has 31 heavy (non-hydrogen) atoms. The molecule has 0 saturated carbocycles. The van der Waals surface area contributed by atoms with E-state index in [1.807, 2.05) is 6.07 Å². The lowest BCUT2D eigenvalue weighted by atomic mass is 10.2. The summed E-state index contributed by atoms with van der Waals surface area (Å²) >= 11 is 0. The number of methoxy groups -OCH3 is 1. The molecule has 0 spiro atoms. The number of ether oxygens (including phenoxy) is 3. The first-order chi connectivity index (χ1) is 15.0. The summed E-state index contributed by atoms with van der Waals surface area (Å²) in [6.45, 7) is 2.52. The van der Waals surface area contributed by atoms with Crippen LogP contribution in [0.1, 0.15) is 38.2 Å². The monoisotopic (exact) mass is 429 g/mol. The summed E-state index contributed by atoms with van der Waals surface area (Å²) in [6.07, 6.45) is 5.99. The Balaban J connectivity index is 1.80. The van der Waals surface area contributed by atoms with Gasteiger partial charge in [-0.1, -0.05) is 26.2 Å². The quantitative estimate of drug-likeness (QED) is 0.222. The number of hydrazone groups is 1. The lowest BCUT2D eigenvalue weighted by molar-refractivity contribution is -0.384. The topological polar surface area (TPSA) is 112 Å². The molecular weight excluding hydrogens is 402 g/mol. The third-order valence-corrected chi connectivity index (χ3v) is 4.26. The van der Waals surface area contributed by atoms with Crippen molar-refractivity contribution in [1.29, 1.82) is 0 Å². The summed E-state index contributed by atoms with van der Waals surface area (Å²) in [7, 11) is 1.57. The fourth-order valence-corrected chi connectivity index (χ4v) is 2.62. The lowest BCUT2D eigenvalue weighted by Gasteiger charge is -2.11. The summed E-state index contributed by atoms with van der Waals surface area (Å²) in [6, 6.07) is 10.8. The number of rotatable bonds is 13. The zero-order valence-corrected chi connectivity index (χ0v) is 17.7. The molecule has 2 aromatic carbocycles. The van der Waals surface area contributed by atoms with E-state index in [4.69, 9.17) is 14.2 Å². The second kappa shape index (κ2) is 12.8. The zero-order valence-electron chi connectivity index (χ0n) is 17.7. The predicted molar refractivity (Wildman–Crippen MR) is 117 cm³/mol. The van der Waals surface area contributed by atoms with Crippen LogP contribution in [-0.2, 0) is 4.79 Å². The number of hydrogen-bond donors (Lipinski definition) is 1. The van der Waals surface area contributed by atoms with Crippen molar-refractivity contribution < 1.29 is 23.9 Å². The number of carbonyl (C=O) groups is 1. The van der Waals surface area contributed by atoms with Crippen LogP contribution in [0.3, 0.4) is 0 Å². The normalized spacial score (nSPS) is 10.6. The summed E-state index contributed by atoms with van der Waals surface area (Å²) in [5.74, 6) is 1.14. The van der Waals surface area contributed by atoms with Crippen LogP contribution in [0.2, 0.25) is 0 Å². The molecule has 9 heteroatoms. The summed E-state index contributed by atoms with van der Waals surface area (Å²) in [4.78, 5) is 22.0. The van der Waals surface area contributed by atoms with Crippen LogP contribution >= 0.6 is 0 Å². The second-order valence-electron chi connectivity index (χ2n) is 6.65. The van der Waals surface area contributed by atoms with Crippen molar-refractivity contribution in [3.8, 4) is 17.2 Å². The van der Waals surface area contributed by atoms with E-state index >= 15 is 0 Å². The standard InChI is InChI=1S/C22H27N3O6/c1-3-4-5-6-13-30-20-12-7-17(14-21(20)29-2)15-23-24-22(26)16-31-19-10-8-18(9-11-19)25(27)28/h7-12,14-15H,3-6,13,16H2,1-2H3,(H,24,26)/b23-15-. The molecule has 0 bridgehead atoms. The van der Waals surface area contributed by atoms with Crippen molar-refractivity contribution in [1.82, 2.24) is 5.43 Å². The van der Waals surface area contributed by atoms with Gasteiger partial charge in [0.05, 0.1) is 24.9 Å². The highest BCUT2D eigenvalue weighted by atomic mass is 16.6. The van der Waals surface area contributed by atoms with Crippen molar-refractivity contribution in [2.45, 2.75) is 32.6 Å². The summed E-state index contributed by atoms with van der Waals surface area (Å²) in [5.41, 5.74) is 3.04. The van der Waals surface area contributed by atoms with Crippen LogP contribution in [0.5, 0.6) is 17.2 Å². The van der Waals surface area contributed by atoms with Gasteiger partial charge in [0.15, 0.2) is 18.1 Å². The van der Waals surface area contributed by atoms with Gasteiger partial charge in [0, 0.05) is 12.1 Å². The molecule has 166 valence electrons. The van der Waals surface area contributed by atoms with Crippen LogP contribution in [0.4, 0.5) is 5.69 Å². The van der Waals surface area contributed by atoms with Gasteiger partial charge in [-0.3, -0.25) is 14.9 Å². The maximum Gasteiger partial charge on any atom is 0.277 e. The third-order valence-electron chi connectivity index (χ3n) is 4.26. The number of nitrogens with one attached hydrogen (secondary N) is 1. The molecule has 0 heterocycles. The Morgan fingerprint density at radius 1 is 1.10 bits per heavy atom. The first-order valence-corrected chi connectivity index (χ1v) is 10.0. The van der Waals surface area contributed by atoms with Crippen molar-refractivity contribution >= 4 is 17.8 Å². The number of nitrogens with zero attached hydrogens (tertiary/aromatic N) is 2. The number of nitro benzene ring substituents is 1. The Morgan fingerprint density at radius 2 is 1.87 bits per heavy atom. The van der Waals surface area contributed by atoms with E-state index in [1.54, 1.807) is 19.2 Å². The molecule has 0 aliphatic heterocycles. The maximum atomic E-state index is 11.8. The largest absolute Gasteiger partial charge is 0.493 e. The van der Waals surface area contributed by atoms with Crippen LogP contribution in [0.25, 0.3) is 0 Å². The van der Waals surface area contributed by atoms with Gasteiger partial charge in [-0.2, -0.15) is 5.10 Å². The number of nitro groups is 1. The van der Waals surface area contributed by atoms with Gasteiger partial charge < -0.3 is 14.2 Å². The Bertz CT molecular complexity index is 883. The Hall–Kier alpha value is -3.62. The number of unbranched alkanes of at least 4 members (excludes halogenated alkanes) is 3. The van der Waals surface area contributed by atoms with Crippen molar-refractivity contribution in [3.63, 3.8) is 0 Å². The van der Waals surface area contributed by atoms with E-state index < -0.39 is 10.8 Å². The highest BCUT2D eigenvalue weighted by Gasteiger charge is 2.07. The van der Waals surface area contributed by atoms with Crippen LogP contribution in [-0.4, -0.2) is 37.4 Å². The minimum absolute atomic E-state index is 0.0512. The van der Waals surface area contributed by atoms with Crippen molar-refractivity contribution in [3.05, 3.63) is 58.1 Å². The van der Waals surface area contributed by atoms with E-state index in [-0.39, 0.29) is 12.3 Å². The molecule has 0 fully saturated rings. The van der Waals surface area contributed by atoms with Gasteiger partial charge in [-0.25, -0.2) is 5.43 Å². The molecule has 0 atom stereocenters. The molecule has 0 aliphatic rings. The third kappa shape index (κ3) is 8.33. The number of non-ortho nitro benzene ring substituents is 1. The fraction of sp³-hybridized carbons (Fsp3) is 0.364. The second-order valence-corrected chi connectivity index (χ2v) is 6.65. The fourth-order valence-electron chi connectivity index (χ4n) is 2.62. The van der Waals surface area contributed by atoms with Gasteiger partial charge in [0.25, 0.3) is 11.6 Å². The van der Waals surface area contributed by atoms with E-state index in [9.17, 15) is 14.9 Å². The van der Waals surface area contributed by atoms with Crippen LogP contribution in [0, 0.1) is 10.1 Å². The summed E-state index contributed by atoms with van der Waals surface area (Å²) < 4.78 is 16.4. The first-order valence-electron chi connectivity index (χ1n) is 10.0. The van der Waals surface area contributed by atoms with Gasteiger partial charge in [-0.15, -0.1) is 0 Å². The van der Waals surface area contributed by atoms with Crippen molar-refractivity contribution in [2.24, 2.45) is 5.10 Å².